The van der Waals surface area contributed by atoms with E-state index in [4.69, 9.17) is 0 Å². The van der Waals surface area contributed by atoms with Crippen LogP contribution in [0, 0.1) is 5.41 Å². The van der Waals surface area contributed by atoms with Gasteiger partial charge in [-0.05, 0) is 18.8 Å². The fourth-order valence-corrected chi connectivity index (χ4v) is 0.624. The molecule has 0 aromatic carbocycles. The molecule has 0 rings (SSSR count). The first-order valence-corrected chi connectivity index (χ1v) is 4.06. The van der Waals surface area contributed by atoms with Crippen molar-refractivity contribution in [2.45, 2.75) is 34.1 Å². The SMILES string of the molecule is C[N-]C(C)=NCCC(C)(C)C.[Rh]. The molecule has 0 spiro atoms. The molecule has 0 aromatic rings. The minimum atomic E-state index is 0. The minimum absolute atomic E-state index is 0. The third-order valence-corrected chi connectivity index (χ3v) is 1.53. The predicted molar refractivity (Wildman–Crippen MR) is 51.3 cm³/mol. The average molecular weight is 258 g/mol. The average Bonchev–Trinajstić information content (AvgIpc) is 1.85. The predicted octanol–water partition coefficient (Wildman–Crippen LogP) is 2.84. The third-order valence-electron chi connectivity index (χ3n) is 1.53. The number of hydrogen-bond acceptors (Lipinski definition) is 1. The Kier molecular flexibility index (Phi) is 8.03. The molecule has 1 radical (unpaired) electrons. The van der Waals surface area contributed by atoms with Gasteiger partial charge in [0.25, 0.3) is 0 Å². The fraction of sp³-hybridized carbons (Fsp3) is 0.889. The van der Waals surface area contributed by atoms with E-state index in [2.05, 4.69) is 31.1 Å². The van der Waals surface area contributed by atoms with Crippen molar-refractivity contribution in [1.82, 2.24) is 0 Å². The van der Waals surface area contributed by atoms with Crippen LogP contribution in [0.5, 0.6) is 0 Å². The molecule has 0 aromatic heterocycles. The van der Waals surface area contributed by atoms with Gasteiger partial charge in [-0.15, -0.1) is 0 Å². The Morgan fingerprint density at radius 1 is 1.33 bits per heavy atom. The van der Waals surface area contributed by atoms with Gasteiger partial charge in [-0.3, -0.25) is 0 Å². The molecule has 0 aliphatic heterocycles. The van der Waals surface area contributed by atoms with Gasteiger partial charge in [0.1, 0.15) is 0 Å². The summed E-state index contributed by atoms with van der Waals surface area (Å²) >= 11 is 0. The van der Waals surface area contributed by atoms with Crippen LogP contribution in [-0.4, -0.2) is 19.4 Å². The zero-order valence-corrected chi connectivity index (χ0v) is 10.3. The molecule has 0 fully saturated rings. The Hall–Kier alpha value is 0.0934. The largest absolute Gasteiger partial charge is 0.473 e. The summed E-state index contributed by atoms with van der Waals surface area (Å²) < 4.78 is 0. The number of hydrogen-bond donors (Lipinski definition) is 0. The molecule has 2 nitrogen and oxygen atoms in total. The number of nitrogens with zero attached hydrogens (tertiary/aromatic N) is 2. The van der Waals surface area contributed by atoms with Crippen molar-refractivity contribution in [3.05, 3.63) is 5.32 Å². The molecule has 0 N–H and O–H groups in total. The van der Waals surface area contributed by atoms with E-state index in [9.17, 15) is 0 Å². The second-order valence-corrected chi connectivity index (χ2v) is 3.96. The molecule has 0 heterocycles. The second-order valence-electron chi connectivity index (χ2n) is 3.96. The van der Waals surface area contributed by atoms with E-state index < -0.39 is 0 Å². The van der Waals surface area contributed by atoms with E-state index in [-0.39, 0.29) is 19.5 Å². The zero-order valence-electron chi connectivity index (χ0n) is 8.64. The van der Waals surface area contributed by atoms with Gasteiger partial charge in [0.15, 0.2) is 0 Å². The molecule has 0 amide bonds. The maximum absolute atomic E-state index is 4.28. The van der Waals surface area contributed by atoms with E-state index in [1.807, 2.05) is 6.92 Å². The van der Waals surface area contributed by atoms with Gasteiger partial charge in [-0.2, -0.15) is 0 Å². The molecule has 0 unspecified atom stereocenters. The van der Waals surface area contributed by atoms with Gasteiger partial charge in [0.05, 0.1) is 0 Å². The van der Waals surface area contributed by atoms with Crippen molar-refractivity contribution in [2.24, 2.45) is 10.4 Å². The van der Waals surface area contributed by atoms with Crippen LogP contribution in [0.3, 0.4) is 0 Å². The summed E-state index contributed by atoms with van der Waals surface area (Å²) in [5.41, 5.74) is 0.386. The van der Waals surface area contributed by atoms with Crippen LogP contribution in [0.4, 0.5) is 0 Å². The standard InChI is InChI=1S/C9H19N2.Rh/c1-8(10-5)11-7-6-9(2,3)4;/h6-7H2,1-5H3;/q-1;. The molecule has 0 bridgehead atoms. The van der Waals surface area contributed by atoms with E-state index in [0.29, 0.717) is 5.41 Å². The van der Waals surface area contributed by atoms with Crippen LogP contribution in [0.25, 0.3) is 5.32 Å². The molecular weight excluding hydrogens is 239 g/mol. The number of amidine groups is 1. The summed E-state index contributed by atoms with van der Waals surface area (Å²) in [5, 5.41) is 3.96. The first-order chi connectivity index (χ1) is 4.95. The molecule has 0 atom stereocenters. The maximum atomic E-state index is 4.28. The smallest absolute Gasteiger partial charge is 0 e. The van der Waals surface area contributed by atoms with Crippen molar-refractivity contribution in [2.75, 3.05) is 13.6 Å². The van der Waals surface area contributed by atoms with Crippen molar-refractivity contribution >= 4 is 5.84 Å². The van der Waals surface area contributed by atoms with E-state index in [0.717, 1.165) is 18.8 Å². The summed E-state index contributed by atoms with van der Waals surface area (Å²) in [6.45, 7) is 9.50. The zero-order chi connectivity index (χ0) is 8.91. The van der Waals surface area contributed by atoms with Crippen molar-refractivity contribution in [1.29, 1.82) is 0 Å². The van der Waals surface area contributed by atoms with Crippen molar-refractivity contribution in [3.8, 4) is 0 Å². The van der Waals surface area contributed by atoms with Crippen LogP contribution in [0.1, 0.15) is 34.1 Å². The van der Waals surface area contributed by atoms with Gasteiger partial charge >= 0.3 is 0 Å². The normalized spacial score (nSPS) is 12.2. The molecule has 12 heavy (non-hydrogen) atoms. The van der Waals surface area contributed by atoms with Gasteiger partial charge < -0.3 is 10.3 Å². The topological polar surface area (TPSA) is 26.5 Å². The van der Waals surface area contributed by atoms with Crippen LogP contribution in [0.15, 0.2) is 4.99 Å². The molecule has 0 aliphatic carbocycles. The molecule has 0 saturated heterocycles. The van der Waals surface area contributed by atoms with Gasteiger partial charge in [0.2, 0.25) is 0 Å². The minimum Gasteiger partial charge on any atom is -0.473 e. The van der Waals surface area contributed by atoms with Gasteiger partial charge in [0, 0.05) is 19.5 Å². The summed E-state index contributed by atoms with van der Waals surface area (Å²) in [6.07, 6.45) is 1.12. The van der Waals surface area contributed by atoms with Crippen LogP contribution in [-0.2, 0) is 19.5 Å². The molecule has 0 saturated carbocycles. The summed E-state index contributed by atoms with van der Waals surface area (Å²) in [5.74, 6) is 0.897. The second kappa shape index (κ2) is 6.59. The van der Waals surface area contributed by atoms with E-state index >= 15 is 0 Å². The number of aliphatic imine (C=N–C) groups is 1. The first kappa shape index (κ1) is 14.6. The Morgan fingerprint density at radius 2 is 1.83 bits per heavy atom. The molecule has 0 aliphatic rings. The quantitative estimate of drug-likeness (QED) is 0.413. The van der Waals surface area contributed by atoms with E-state index in [1.54, 1.807) is 7.05 Å². The summed E-state index contributed by atoms with van der Waals surface area (Å²) in [4.78, 5) is 4.28. The molecule has 75 valence electrons. The fourth-order valence-electron chi connectivity index (χ4n) is 0.624. The van der Waals surface area contributed by atoms with Crippen LogP contribution < -0.4 is 0 Å². The van der Waals surface area contributed by atoms with E-state index in [1.165, 1.54) is 0 Å². The molecular formula is C9H19N2Rh-. The molecule has 3 heteroatoms. The number of rotatable bonds is 2. The summed E-state index contributed by atoms with van der Waals surface area (Å²) in [7, 11) is 1.77. The van der Waals surface area contributed by atoms with Crippen molar-refractivity contribution in [3.63, 3.8) is 0 Å². The first-order valence-electron chi connectivity index (χ1n) is 4.06. The van der Waals surface area contributed by atoms with Gasteiger partial charge in [-0.1, -0.05) is 40.2 Å². The third kappa shape index (κ3) is 10.1. The summed E-state index contributed by atoms with van der Waals surface area (Å²) in [6, 6.07) is 0. The maximum Gasteiger partial charge on any atom is 0 e. The van der Waals surface area contributed by atoms with Crippen LogP contribution in [0.2, 0.25) is 0 Å². The Balaban J connectivity index is 0. The van der Waals surface area contributed by atoms with Crippen LogP contribution >= 0.6 is 0 Å². The Labute approximate surface area is 89.0 Å². The van der Waals surface area contributed by atoms with Gasteiger partial charge in [-0.25, -0.2) is 0 Å². The Morgan fingerprint density at radius 3 is 2.17 bits per heavy atom. The Bertz CT molecular complexity index is 136. The monoisotopic (exact) mass is 258 g/mol. The van der Waals surface area contributed by atoms with Crippen molar-refractivity contribution < 1.29 is 19.5 Å².